The zero-order valence-electron chi connectivity index (χ0n) is 14.2. The molecule has 1 saturated heterocycles. The Morgan fingerprint density at radius 1 is 1.38 bits per heavy atom. The van der Waals surface area contributed by atoms with E-state index in [9.17, 15) is 9.59 Å². The van der Waals surface area contributed by atoms with Crippen LogP contribution in [0.4, 0.5) is 0 Å². The van der Waals surface area contributed by atoms with Crippen molar-refractivity contribution in [2.45, 2.75) is 24.9 Å². The van der Waals surface area contributed by atoms with Crippen molar-refractivity contribution in [2.24, 2.45) is 0 Å². The van der Waals surface area contributed by atoms with Crippen LogP contribution in [0.25, 0.3) is 0 Å². The number of carbonyl (C=O) groups excluding carboxylic acids is 2. The number of benzene rings is 1. The third-order valence-electron chi connectivity index (χ3n) is 4.55. The van der Waals surface area contributed by atoms with Gasteiger partial charge in [0.25, 0.3) is 0 Å². The molecule has 2 aromatic rings. The summed E-state index contributed by atoms with van der Waals surface area (Å²) >= 11 is 1.43. The Morgan fingerprint density at radius 3 is 2.81 bits per heavy atom. The van der Waals surface area contributed by atoms with Gasteiger partial charge in [-0.05, 0) is 24.1 Å². The first-order valence-electron chi connectivity index (χ1n) is 8.35. The maximum absolute atomic E-state index is 12.7. The van der Waals surface area contributed by atoms with Crippen molar-refractivity contribution in [3.63, 3.8) is 0 Å². The summed E-state index contributed by atoms with van der Waals surface area (Å²) in [5.41, 5.74) is 1.72. The molecule has 0 radical (unpaired) electrons. The lowest BCUT2D eigenvalue weighted by Crippen LogP contribution is -2.45. The number of nitrogens with one attached hydrogen (secondary N) is 1. The lowest BCUT2D eigenvalue weighted by atomic mass is 9.96. The van der Waals surface area contributed by atoms with Gasteiger partial charge in [-0.3, -0.25) is 9.59 Å². The molecule has 1 aliphatic heterocycles. The van der Waals surface area contributed by atoms with Crippen molar-refractivity contribution in [1.29, 1.82) is 5.26 Å². The molecule has 5 nitrogen and oxygen atoms in total. The molecule has 2 atom stereocenters. The molecule has 0 unspecified atom stereocenters. The molecule has 132 valence electrons. The number of rotatable bonds is 5. The number of carbonyl (C=O) groups is 2. The number of nitrogens with zero attached hydrogens (tertiary/aromatic N) is 2. The molecule has 1 aromatic carbocycles. The third kappa shape index (κ3) is 3.84. The molecule has 2 heterocycles. The maximum Gasteiger partial charge on any atom is 0.246 e. The molecular formula is C20H19N3O2S. The number of hydrogen-bond donors (Lipinski definition) is 1. The Morgan fingerprint density at radius 2 is 2.15 bits per heavy atom. The molecule has 26 heavy (non-hydrogen) atoms. The average Bonchev–Trinajstić information content (AvgIpc) is 3.33. The van der Waals surface area contributed by atoms with E-state index in [1.165, 1.54) is 17.4 Å². The summed E-state index contributed by atoms with van der Waals surface area (Å²) in [4.78, 5) is 27.4. The van der Waals surface area contributed by atoms with Gasteiger partial charge < -0.3 is 10.2 Å². The summed E-state index contributed by atoms with van der Waals surface area (Å²) < 4.78 is 0. The molecule has 0 aliphatic carbocycles. The van der Waals surface area contributed by atoms with Gasteiger partial charge in [0.2, 0.25) is 11.8 Å². The van der Waals surface area contributed by atoms with Crippen molar-refractivity contribution in [2.75, 3.05) is 6.54 Å². The number of hydrogen-bond acceptors (Lipinski definition) is 4. The summed E-state index contributed by atoms with van der Waals surface area (Å²) in [6.45, 7) is 4.41. The quantitative estimate of drug-likeness (QED) is 0.828. The molecule has 6 heteroatoms. The lowest BCUT2D eigenvalue weighted by Gasteiger charge is -2.22. The molecule has 0 bridgehead atoms. The Hall–Kier alpha value is -2.91. The van der Waals surface area contributed by atoms with Crippen LogP contribution in [-0.4, -0.2) is 29.3 Å². The second-order valence-electron chi connectivity index (χ2n) is 6.19. The van der Waals surface area contributed by atoms with Gasteiger partial charge in [-0.25, -0.2) is 0 Å². The van der Waals surface area contributed by atoms with E-state index in [1.807, 2.05) is 30.3 Å². The number of thiophene rings is 1. The van der Waals surface area contributed by atoms with Crippen molar-refractivity contribution in [1.82, 2.24) is 10.2 Å². The predicted molar refractivity (Wildman–Crippen MR) is 100 cm³/mol. The van der Waals surface area contributed by atoms with Crippen LogP contribution in [0.15, 0.2) is 54.4 Å². The largest absolute Gasteiger partial charge is 0.349 e. The molecule has 1 aliphatic rings. The van der Waals surface area contributed by atoms with Gasteiger partial charge >= 0.3 is 0 Å². The van der Waals surface area contributed by atoms with Gasteiger partial charge in [-0.1, -0.05) is 36.9 Å². The van der Waals surface area contributed by atoms with E-state index in [-0.39, 0.29) is 17.7 Å². The second kappa shape index (κ2) is 7.98. The normalized spacial score (nSPS) is 19.0. The van der Waals surface area contributed by atoms with Crippen molar-refractivity contribution < 1.29 is 9.59 Å². The first-order chi connectivity index (χ1) is 12.6. The maximum atomic E-state index is 12.7. The van der Waals surface area contributed by atoms with Crippen LogP contribution in [0.1, 0.15) is 28.3 Å². The van der Waals surface area contributed by atoms with Crippen LogP contribution in [0.3, 0.4) is 0 Å². The Balaban J connectivity index is 1.70. The molecule has 3 rings (SSSR count). The molecule has 0 spiro atoms. The first-order valence-corrected chi connectivity index (χ1v) is 9.23. The molecule has 2 amide bonds. The minimum absolute atomic E-state index is 0.128. The van der Waals surface area contributed by atoms with E-state index >= 15 is 0 Å². The highest BCUT2D eigenvalue weighted by molar-refractivity contribution is 7.10. The van der Waals surface area contributed by atoms with E-state index in [2.05, 4.69) is 18.0 Å². The van der Waals surface area contributed by atoms with Crippen LogP contribution < -0.4 is 5.32 Å². The van der Waals surface area contributed by atoms with Gasteiger partial charge in [0, 0.05) is 22.7 Å². The first kappa shape index (κ1) is 17.9. The Labute approximate surface area is 156 Å². The molecule has 1 fully saturated rings. The van der Waals surface area contributed by atoms with Crippen molar-refractivity contribution >= 4 is 23.2 Å². The summed E-state index contributed by atoms with van der Waals surface area (Å²) in [6.07, 6.45) is 1.84. The van der Waals surface area contributed by atoms with Crippen LogP contribution in [-0.2, 0) is 16.1 Å². The molecule has 0 saturated carbocycles. The van der Waals surface area contributed by atoms with Crippen LogP contribution in [0.2, 0.25) is 0 Å². The highest BCUT2D eigenvalue weighted by Gasteiger charge is 2.39. The lowest BCUT2D eigenvalue weighted by molar-refractivity contribution is -0.135. The summed E-state index contributed by atoms with van der Waals surface area (Å²) in [5, 5.41) is 13.5. The van der Waals surface area contributed by atoms with Gasteiger partial charge in [-0.15, -0.1) is 11.3 Å². The monoisotopic (exact) mass is 365 g/mol. The van der Waals surface area contributed by atoms with Crippen LogP contribution in [0.5, 0.6) is 0 Å². The van der Waals surface area contributed by atoms with Gasteiger partial charge in [0.05, 0.1) is 12.1 Å². The van der Waals surface area contributed by atoms with E-state index in [0.29, 0.717) is 25.1 Å². The third-order valence-corrected chi connectivity index (χ3v) is 5.49. The SMILES string of the molecule is C=CC(=O)N1C[C@H](c2ccccc2)C[C@H]1C(=O)NCc1cc(C#N)cs1. The van der Waals surface area contributed by atoms with Crippen molar-refractivity contribution in [3.8, 4) is 6.07 Å². The molecule has 1 aromatic heterocycles. The fourth-order valence-corrected chi connectivity index (χ4v) is 3.99. The van der Waals surface area contributed by atoms with Crippen LogP contribution in [0, 0.1) is 11.3 Å². The minimum atomic E-state index is -0.513. The zero-order chi connectivity index (χ0) is 18.5. The summed E-state index contributed by atoms with van der Waals surface area (Å²) in [7, 11) is 0. The highest BCUT2D eigenvalue weighted by atomic mass is 32.1. The number of nitriles is 1. The van der Waals surface area contributed by atoms with Crippen molar-refractivity contribution in [3.05, 3.63) is 70.4 Å². The van der Waals surface area contributed by atoms with Gasteiger partial charge in [0.1, 0.15) is 12.1 Å². The van der Waals surface area contributed by atoms with E-state index in [4.69, 9.17) is 5.26 Å². The highest BCUT2D eigenvalue weighted by Crippen LogP contribution is 2.32. The standard InChI is InChI=1S/C20H19N3O2S/c1-2-19(24)23-12-16(15-6-4-3-5-7-15)9-18(23)20(25)22-11-17-8-14(10-21)13-26-17/h2-8,13,16,18H,1,9,11-12H2,(H,22,25)/t16-,18+/m1/s1. The van der Waals surface area contributed by atoms with E-state index in [1.54, 1.807) is 16.3 Å². The number of likely N-dealkylation sites (tertiary alicyclic amines) is 1. The Kier molecular flexibility index (Phi) is 5.49. The fraction of sp³-hybridized carbons (Fsp3) is 0.250. The molecular weight excluding hydrogens is 346 g/mol. The Bertz CT molecular complexity index is 853. The number of amides is 2. The van der Waals surface area contributed by atoms with E-state index < -0.39 is 6.04 Å². The average molecular weight is 365 g/mol. The zero-order valence-corrected chi connectivity index (χ0v) is 15.0. The van der Waals surface area contributed by atoms with E-state index in [0.717, 1.165) is 10.4 Å². The predicted octanol–water partition coefficient (Wildman–Crippen LogP) is 2.81. The fourth-order valence-electron chi connectivity index (χ4n) is 3.24. The smallest absolute Gasteiger partial charge is 0.246 e. The minimum Gasteiger partial charge on any atom is -0.349 e. The summed E-state index contributed by atoms with van der Waals surface area (Å²) in [5.74, 6) is -0.278. The summed E-state index contributed by atoms with van der Waals surface area (Å²) in [6, 6.07) is 13.3. The second-order valence-corrected chi connectivity index (χ2v) is 7.18. The van der Waals surface area contributed by atoms with Gasteiger partial charge in [0.15, 0.2) is 0 Å². The van der Waals surface area contributed by atoms with Crippen LogP contribution >= 0.6 is 11.3 Å². The van der Waals surface area contributed by atoms with Gasteiger partial charge in [-0.2, -0.15) is 5.26 Å². The molecule has 1 N–H and O–H groups in total. The topological polar surface area (TPSA) is 73.2 Å².